The number of amidine groups is 1. The molecule has 0 bridgehead atoms. The number of carbonyl (C=O) groups is 2. The molecule has 1 N–H and O–H groups in total. The van der Waals surface area contributed by atoms with E-state index in [9.17, 15) is 9.59 Å². The molecule has 3 amide bonds. The highest BCUT2D eigenvalue weighted by Crippen LogP contribution is 2.25. The number of benzene rings is 1. The zero-order chi connectivity index (χ0) is 23.7. The summed E-state index contributed by atoms with van der Waals surface area (Å²) in [6, 6.07) is 7.09. The molecule has 4 heterocycles. The zero-order valence-corrected chi connectivity index (χ0v) is 20.3. The minimum absolute atomic E-state index is 0.264. The molecule has 1 aromatic carbocycles. The van der Waals surface area contributed by atoms with Crippen molar-refractivity contribution >= 4 is 35.1 Å². The molecule has 0 aliphatic carbocycles. The number of piperazine rings is 1. The van der Waals surface area contributed by atoms with E-state index in [1.807, 2.05) is 18.2 Å². The summed E-state index contributed by atoms with van der Waals surface area (Å²) in [5.74, 6) is 0.621. The standard InChI is InChI=1S/C23H32ClN7O3/c1-27-21-20(22(32)26-23(27)33)31(10-7-28-11-13-34-14-12-28)19(25-21)16-29-5-8-30(9-6-29)18-4-2-3-17(24)15-18/h2-4,15,20-21H,5-14,16H2,1H3,(H,26,32,33). The van der Waals surface area contributed by atoms with Gasteiger partial charge in [-0.1, -0.05) is 17.7 Å². The number of fused-ring (bicyclic) bond motifs is 1. The highest BCUT2D eigenvalue weighted by molar-refractivity contribution is 6.30. The van der Waals surface area contributed by atoms with E-state index < -0.39 is 12.2 Å². The number of likely N-dealkylation sites (N-methyl/N-ethyl adjacent to an activating group) is 1. The zero-order valence-electron chi connectivity index (χ0n) is 19.5. The quantitative estimate of drug-likeness (QED) is 0.618. The predicted octanol–water partition coefficient (Wildman–Crippen LogP) is 0.385. The smallest absolute Gasteiger partial charge is 0.325 e. The third-order valence-corrected chi connectivity index (χ3v) is 7.35. The lowest BCUT2D eigenvalue weighted by Gasteiger charge is -2.39. The third kappa shape index (κ3) is 4.86. The number of urea groups is 1. The number of morpholine rings is 1. The number of hydrogen-bond donors (Lipinski definition) is 1. The van der Waals surface area contributed by atoms with E-state index in [4.69, 9.17) is 21.3 Å². The van der Waals surface area contributed by atoms with Crippen LogP contribution in [0, 0.1) is 0 Å². The van der Waals surface area contributed by atoms with Gasteiger partial charge < -0.3 is 19.4 Å². The second-order valence-corrected chi connectivity index (χ2v) is 9.64. The maximum absolute atomic E-state index is 12.8. The third-order valence-electron chi connectivity index (χ3n) is 7.12. The fraction of sp³-hybridized carbons (Fsp3) is 0.609. The molecule has 2 unspecified atom stereocenters. The first-order valence-electron chi connectivity index (χ1n) is 11.9. The highest BCUT2D eigenvalue weighted by Gasteiger charge is 2.48. The highest BCUT2D eigenvalue weighted by atomic mass is 35.5. The summed E-state index contributed by atoms with van der Waals surface area (Å²) < 4.78 is 5.46. The number of hydrogen-bond acceptors (Lipinski definition) is 8. The van der Waals surface area contributed by atoms with Crippen molar-refractivity contribution < 1.29 is 14.3 Å². The molecule has 4 aliphatic heterocycles. The monoisotopic (exact) mass is 489 g/mol. The van der Waals surface area contributed by atoms with Gasteiger partial charge in [-0.3, -0.25) is 19.9 Å². The lowest BCUT2D eigenvalue weighted by atomic mass is 10.1. The Labute approximate surface area is 205 Å². The number of ether oxygens (including phenoxy) is 1. The Balaban J connectivity index is 1.26. The van der Waals surface area contributed by atoms with E-state index in [1.54, 1.807) is 7.05 Å². The molecule has 3 fully saturated rings. The number of nitrogens with one attached hydrogen (secondary N) is 1. The van der Waals surface area contributed by atoms with E-state index in [0.29, 0.717) is 13.1 Å². The molecule has 0 saturated carbocycles. The van der Waals surface area contributed by atoms with Crippen LogP contribution in [0.25, 0.3) is 0 Å². The predicted molar refractivity (Wildman–Crippen MR) is 130 cm³/mol. The minimum atomic E-state index is -0.480. The summed E-state index contributed by atoms with van der Waals surface area (Å²) in [7, 11) is 1.70. The van der Waals surface area contributed by atoms with E-state index in [0.717, 1.165) is 75.6 Å². The molecule has 0 aromatic heterocycles. The normalized spacial score (nSPS) is 26.5. The Kier molecular flexibility index (Phi) is 6.91. The van der Waals surface area contributed by atoms with E-state index in [1.165, 1.54) is 4.90 Å². The minimum Gasteiger partial charge on any atom is -0.379 e. The average molecular weight is 490 g/mol. The van der Waals surface area contributed by atoms with Crippen LogP contribution in [0.5, 0.6) is 0 Å². The van der Waals surface area contributed by atoms with Crippen LogP contribution in [0.15, 0.2) is 29.3 Å². The Morgan fingerprint density at radius 2 is 1.82 bits per heavy atom. The fourth-order valence-electron chi connectivity index (χ4n) is 5.09. The van der Waals surface area contributed by atoms with Crippen LogP contribution < -0.4 is 10.2 Å². The molecule has 0 spiro atoms. The summed E-state index contributed by atoms with van der Waals surface area (Å²) in [5.41, 5.74) is 1.14. The van der Waals surface area contributed by atoms with Crippen molar-refractivity contribution in [3.63, 3.8) is 0 Å². The molecule has 34 heavy (non-hydrogen) atoms. The largest absolute Gasteiger partial charge is 0.379 e. The van der Waals surface area contributed by atoms with Gasteiger partial charge in [0.2, 0.25) is 0 Å². The molecule has 11 heteroatoms. The van der Waals surface area contributed by atoms with Crippen molar-refractivity contribution in [3.8, 4) is 0 Å². The maximum atomic E-state index is 12.8. The van der Waals surface area contributed by atoms with Gasteiger partial charge in [-0.2, -0.15) is 0 Å². The number of aliphatic imine (C=N–C) groups is 1. The molecule has 2 atom stereocenters. The van der Waals surface area contributed by atoms with Gasteiger partial charge in [0.15, 0.2) is 12.2 Å². The molecule has 0 radical (unpaired) electrons. The van der Waals surface area contributed by atoms with Crippen molar-refractivity contribution in [2.24, 2.45) is 4.99 Å². The summed E-state index contributed by atoms with van der Waals surface area (Å²) in [6.07, 6.45) is -0.478. The van der Waals surface area contributed by atoms with Crippen molar-refractivity contribution in [2.75, 3.05) is 84.1 Å². The van der Waals surface area contributed by atoms with Gasteiger partial charge >= 0.3 is 6.03 Å². The van der Waals surface area contributed by atoms with E-state index >= 15 is 0 Å². The molecule has 10 nitrogen and oxygen atoms in total. The Morgan fingerprint density at radius 3 is 2.56 bits per heavy atom. The molecule has 5 rings (SSSR count). The summed E-state index contributed by atoms with van der Waals surface area (Å²) in [6.45, 7) is 9.02. The Hall–Kier alpha value is -2.40. The maximum Gasteiger partial charge on any atom is 0.325 e. The topological polar surface area (TPSA) is 84.0 Å². The van der Waals surface area contributed by atoms with Gasteiger partial charge in [0.1, 0.15) is 5.84 Å². The van der Waals surface area contributed by atoms with Crippen LogP contribution in [-0.2, 0) is 9.53 Å². The number of carbonyl (C=O) groups excluding carboxylic acids is 2. The molecular weight excluding hydrogens is 458 g/mol. The number of rotatable bonds is 6. The summed E-state index contributed by atoms with van der Waals surface area (Å²) in [4.78, 5) is 40.6. The van der Waals surface area contributed by atoms with Crippen molar-refractivity contribution in [1.82, 2.24) is 24.9 Å². The van der Waals surface area contributed by atoms with Gasteiger partial charge in [-0.15, -0.1) is 0 Å². The molecule has 184 valence electrons. The van der Waals surface area contributed by atoms with Crippen molar-refractivity contribution in [3.05, 3.63) is 29.3 Å². The van der Waals surface area contributed by atoms with Gasteiger partial charge in [0.25, 0.3) is 5.91 Å². The lowest BCUT2D eigenvalue weighted by Crippen LogP contribution is -2.64. The first kappa shape index (κ1) is 23.3. The van der Waals surface area contributed by atoms with Crippen molar-refractivity contribution in [2.45, 2.75) is 12.2 Å². The second-order valence-electron chi connectivity index (χ2n) is 9.20. The Morgan fingerprint density at radius 1 is 1.06 bits per heavy atom. The average Bonchev–Trinajstić information content (AvgIpc) is 3.21. The number of halogens is 1. The molecule has 3 saturated heterocycles. The van der Waals surface area contributed by atoms with Gasteiger partial charge in [0, 0.05) is 70.1 Å². The van der Waals surface area contributed by atoms with Crippen LogP contribution in [0.2, 0.25) is 5.02 Å². The number of amides is 3. The summed E-state index contributed by atoms with van der Waals surface area (Å²) in [5, 5.41) is 3.24. The van der Waals surface area contributed by atoms with Crippen molar-refractivity contribution in [1.29, 1.82) is 0 Å². The SMILES string of the molecule is CN1C(=O)NC(=O)C2C1N=C(CN1CCN(c3cccc(Cl)c3)CC1)N2CCN1CCOCC1. The van der Waals surface area contributed by atoms with Crippen LogP contribution in [0.4, 0.5) is 10.5 Å². The van der Waals surface area contributed by atoms with Gasteiger partial charge in [-0.25, -0.2) is 9.79 Å². The number of anilines is 1. The molecule has 4 aliphatic rings. The van der Waals surface area contributed by atoms with Crippen LogP contribution >= 0.6 is 11.6 Å². The summed E-state index contributed by atoms with van der Waals surface area (Å²) >= 11 is 6.17. The van der Waals surface area contributed by atoms with Crippen LogP contribution in [0.3, 0.4) is 0 Å². The first-order valence-corrected chi connectivity index (χ1v) is 12.3. The number of nitrogens with zero attached hydrogens (tertiary/aromatic N) is 6. The molecular formula is C23H32ClN7O3. The van der Waals surface area contributed by atoms with Gasteiger partial charge in [0.05, 0.1) is 19.8 Å². The first-order chi connectivity index (χ1) is 16.5. The number of imide groups is 1. The second kappa shape index (κ2) is 10.1. The van der Waals surface area contributed by atoms with Crippen LogP contribution in [0.1, 0.15) is 0 Å². The Bertz CT molecular complexity index is 946. The molecule has 1 aromatic rings. The lowest BCUT2D eigenvalue weighted by molar-refractivity contribution is -0.127. The fourth-order valence-corrected chi connectivity index (χ4v) is 5.28. The van der Waals surface area contributed by atoms with Gasteiger partial charge in [-0.05, 0) is 18.2 Å². The van der Waals surface area contributed by atoms with Crippen LogP contribution in [-0.4, -0.2) is 129 Å². The van der Waals surface area contributed by atoms with E-state index in [-0.39, 0.29) is 11.9 Å². The van der Waals surface area contributed by atoms with E-state index in [2.05, 4.69) is 31.0 Å².